The molecule has 1 aromatic heterocycles. The summed E-state index contributed by atoms with van der Waals surface area (Å²) in [5.74, 6) is 1.15. The number of nitrogens with one attached hydrogen (secondary N) is 1. The quantitative estimate of drug-likeness (QED) is 0.917. The highest BCUT2D eigenvalue weighted by molar-refractivity contribution is 7.13. The summed E-state index contributed by atoms with van der Waals surface area (Å²) in [5.41, 5.74) is 0.904. The van der Waals surface area contributed by atoms with Crippen LogP contribution in [0.4, 0.5) is 5.13 Å². The van der Waals surface area contributed by atoms with Gasteiger partial charge in [-0.15, -0.1) is 11.3 Å². The summed E-state index contributed by atoms with van der Waals surface area (Å²) in [7, 11) is 0. The van der Waals surface area contributed by atoms with Crippen LogP contribution in [0.3, 0.4) is 0 Å². The van der Waals surface area contributed by atoms with E-state index in [1.54, 1.807) is 16.5 Å². The van der Waals surface area contributed by atoms with E-state index in [9.17, 15) is 9.59 Å². The van der Waals surface area contributed by atoms with Crippen molar-refractivity contribution in [1.29, 1.82) is 0 Å². The lowest BCUT2D eigenvalue weighted by atomic mass is 10.1. The lowest BCUT2D eigenvalue weighted by Crippen LogP contribution is -2.41. The number of carbonyl (C=O) groups is 2. The van der Waals surface area contributed by atoms with E-state index in [4.69, 9.17) is 9.47 Å². The highest BCUT2D eigenvalue weighted by atomic mass is 32.1. The van der Waals surface area contributed by atoms with E-state index < -0.39 is 6.04 Å². The van der Waals surface area contributed by atoms with Crippen molar-refractivity contribution in [3.8, 4) is 11.5 Å². The Hall–Kier alpha value is -2.61. The Morgan fingerprint density at radius 1 is 1.38 bits per heavy atom. The Balaban J connectivity index is 1.49. The van der Waals surface area contributed by atoms with Crippen molar-refractivity contribution in [2.45, 2.75) is 25.4 Å². The smallest absolute Gasteiger partial charge is 0.248 e. The van der Waals surface area contributed by atoms with Gasteiger partial charge in [0.25, 0.3) is 0 Å². The number of amides is 2. The second-order valence-electron chi connectivity index (χ2n) is 5.59. The average Bonchev–Trinajstić information content (AvgIpc) is 3.29. The van der Waals surface area contributed by atoms with E-state index in [2.05, 4.69) is 10.3 Å². The lowest BCUT2D eigenvalue weighted by Gasteiger charge is -2.23. The number of rotatable bonds is 4. The molecule has 3 heterocycles. The molecule has 1 fully saturated rings. The fourth-order valence-electron chi connectivity index (χ4n) is 2.91. The SMILES string of the molecule is O=C(Nc1nccs1)[C@H]1CCC(=O)N1Cc1ccc2c(c1)OCO2. The van der Waals surface area contributed by atoms with Crippen molar-refractivity contribution in [2.75, 3.05) is 12.1 Å². The maximum atomic E-state index is 12.5. The predicted molar refractivity (Wildman–Crippen MR) is 86.9 cm³/mol. The number of thiazole rings is 1. The van der Waals surface area contributed by atoms with Gasteiger partial charge in [0.1, 0.15) is 6.04 Å². The zero-order valence-electron chi connectivity index (χ0n) is 12.7. The van der Waals surface area contributed by atoms with Gasteiger partial charge in [-0.2, -0.15) is 0 Å². The standard InChI is InChI=1S/C16H15N3O4S/c20-14-4-2-11(15(21)18-16-17-5-6-24-16)19(14)8-10-1-3-12-13(7-10)23-9-22-12/h1,3,5-7,11H,2,4,8-9H2,(H,17,18,21)/t11-/m1/s1. The third kappa shape index (κ3) is 2.80. The maximum absolute atomic E-state index is 12.5. The van der Waals surface area contributed by atoms with Crippen LogP contribution in [0.5, 0.6) is 11.5 Å². The largest absolute Gasteiger partial charge is 0.454 e. The molecule has 1 N–H and O–H groups in total. The van der Waals surface area contributed by atoms with Gasteiger partial charge in [-0.3, -0.25) is 9.59 Å². The molecular formula is C16H15N3O4S. The molecule has 0 radical (unpaired) electrons. The van der Waals surface area contributed by atoms with Crippen LogP contribution in [0.2, 0.25) is 0 Å². The zero-order chi connectivity index (χ0) is 16.5. The topological polar surface area (TPSA) is 80.8 Å². The molecule has 124 valence electrons. The highest BCUT2D eigenvalue weighted by Crippen LogP contribution is 2.33. The van der Waals surface area contributed by atoms with Gasteiger partial charge in [0.15, 0.2) is 16.6 Å². The molecule has 0 aliphatic carbocycles. The van der Waals surface area contributed by atoms with Crippen LogP contribution >= 0.6 is 11.3 Å². The minimum atomic E-state index is -0.480. The number of fused-ring (bicyclic) bond motifs is 1. The predicted octanol–water partition coefficient (Wildman–Crippen LogP) is 2.00. The third-order valence-electron chi connectivity index (χ3n) is 4.08. The van der Waals surface area contributed by atoms with Crippen molar-refractivity contribution < 1.29 is 19.1 Å². The summed E-state index contributed by atoms with van der Waals surface area (Å²) in [5, 5.41) is 5.11. The minimum absolute atomic E-state index is 0.0213. The van der Waals surface area contributed by atoms with Gasteiger partial charge < -0.3 is 19.7 Å². The molecule has 7 nitrogen and oxygen atoms in total. The Morgan fingerprint density at radius 3 is 3.08 bits per heavy atom. The normalized spacial score (nSPS) is 18.9. The molecule has 0 unspecified atom stereocenters. The second kappa shape index (κ2) is 6.12. The summed E-state index contributed by atoms with van der Waals surface area (Å²) in [6, 6.07) is 5.08. The Kier molecular flexibility index (Phi) is 3.81. The number of anilines is 1. The van der Waals surface area contributed by atoms with Crippen LogP contribution in [-0.4, -0.2) is 34.5 Å². The number of carbonyl (C=O) groups excluding carboxylic acids is 2. The summed E-state index contributed by atoms with van der Waals surface area (Å²) in [6.07, 6.45) is 2.52. The summed E-state index contributed by atoms with van der Waals surface area (Å²) in [4.78, 5) is 30.3. The fourth-order valence-corrected chi connectivity index (χ4v) is 3.45. The minimum Gasteiger partial charge on any atom is -0.454 e. The molecular weight excluding hydrogens is 330 g/mol. The van der Waals surface area contributed by atoms with Gasteiger partial charge in [-0.1, -0.05) is 6.07 Å². The van der Waals surface area contributed by atoms with Gasteiger partial charge in [0, 0.05) is 24.5 Å². The molecule has 1 aromatic carbocycles. The lowest BCUT2D eigenvalue weighted by molar-refractivity contribution is -0.133. The fraction of sp³-hybridized carbons (Fsp3) is 0.312. The van der Waals surface area contributed by atoms with Crippen molar-refractivity contribution in [3.63, 3.8) is 0 Å². The Bertz CT molecular complexity index is 778. The molecule has 1 saturated heterocycles. The Morgan fingerprint density at radius 2 is 2.25 bits per heavy atom. The average molecular weight is 345 g/mol. The van der Waals surface area contributed by atoms with E-state index in [1.807, 2.05) is 18.2 Å². The first-order valence-corrected chi connectivity index (χ1v) is 8.47. The van der Waals surface area contributed by atoms with Crippen molar-refractivity contribution >= 4 is 28.3 Å². The summed E-state index contributed by atoms with van der Waals surface area (Å²) in [6.45, 7) is 0.575. The zero-order valence-corrected chi connectivity index (χ0v) is 13.5. The monoisotopic (exact) mass is 345 g/mol. The Labute approximate surface area is 142 Å². The van der Waals surface area contributed by atoms with E-state index in [0.29, 0.717) is 36.0 Å². The molecule has 4 rings (SSSR count). The number of nitrogens with zero attached hydrogens (tertiary/aromatic N) is 2. The molecule has 8 heteroatoms. The van der Waals surface area contributed by atoms with Gasteiger partial charge in [0.05, 0.1) is 0 Å². The molecule has 0 bridgehead atoms. The molecule has 2 aliphatic rings. The molecule has 2 aromatic rings. The summed E-state index contributed by atoms with van der Waals surface area (Å²) < 4.78 is 10.7. The number of hydrogen-bond donors (Lipinski definition) is 1. The maximum Gasteiger partial charge on any atom is 0.248 e. The first-order chi connectivity index (χ1) is 11.7. The number of ether oxygens (including phenoxy) is 2. The van der Waals surface area contributed by atoms with Crippen LogP contribution in [0.15, 0.2) is 29.8 Å². The molecule has 1 atom stereocenters. The first-order valence-electron chi connectivity index (χ1n) is 7.59. The number of likely N-dealkylation sites (tertiary alicyclic amines) is 1. The van der Waals surface area contributed by atoms with Crippen LogP contribution in [-0.2, 0) is 16.1 Å². The van der Waals surface area contributed by atoms with E-state index >= 15 is 0 Å². The van der Waals surface area contributed by atoms with Gasteiger partial charge >= 0.3 is 0 Å². The van der Waals surface area contributed by atoms with Gasteiger partial charge in [-0.25, -0.2) is 4.98 Å². The van der Waals surface area contributed by atoms with E-state index in [-0.39, 0.29) is 18.6 Å². The first kappa shape index (κ1) is 14.9. The van der Waals surface area contributed by atoms with Gasteiger partial charge in [-0.05, 0) is 24.1 Å². The number of aromatic nitrogens is 1. The van der Waals surface area contributed by atoms with E-state index in [1.165, 1.54) is 11.3 Å². The molecule has 0 spiro atoms. The third-order valence-corrected chi connectivity index (χ3v) is 4.77. The second-order valence-corrected chi connectivity index (χ2v) is 6.48. The van der Waals surface area contributed by atoms with Crippen LogP contribution in [0, 0.1) is 0 Å². The molecule has 2 amide bonds. The van der Waals surface area contributed by atoms with Crippen molar-refractivity contribution in [2.24, 2.45) is 0 Å². The van der Waals surface area contributed by atoms with Crippen LogP contribution < -0.4 is 14.8 Å². The van der Waals surface area contributed by atoms with Gasteiger partial charge in [0.2, 0.25) is 18.6 Å². The highest BCUT2D eigenvalue weighted by Gasteiger charge is 2.36. The number of benzene rings is 1. The summed E-state index contributed by atoms with van der Waals surface area (Å²) >= 11 is 1.35. The van der Waals surface area contributed by atoms with Crippen LogP contribution in [0.1, 0.15) is 18.4 Å². The van der Waals surface area contributed by atoms with Crippen LogP contribution in [0.25, 0.3) is 0 Å². The molecule has 24 heavy (non-hydrogen) atoms. The van der Waals surface area contributed by atoms with E-state index in [0.717, 1.165) is 5.56 Å². The molecule has 2 aliphatic heterocycles. The van der Waals surface area contributed by atoms with Crippen molar-refractivity contribution in [3.05, 3.63) is 35.3 Å². The molecule has 0 saturated carbocycles. The van der Waals surface area contributed by atoms with Crippen molar-refractivity contribution in [1.82, 2.24) is 9.88 Å². The number of hydrogen-bond acceptors (Lipinski definition) is 6.